The summed E-state index contributed by atoms with van der Waals surface area (Å²) < 4.78 is 0. The molecule has 3 heteroatoms. The Hall–Kier alpha value is -0.120. The number of aliphatic hydroxyl groups is 2. The van der Waals surface area contributed by atoms with E-state index in [1.54, 1.807) is 6.92 Å². The summed E-state index contributed by atoms with van der Waals surface area (Å²) in [4.78, 5) is 0. The summed E-state index contributed by atoms with van der Waals surface area (Å²) in [7, 11) is 0. The summed E-state index contributed by atoms with van der Waals surface area (Å²) >= 11 is 0. The highest BCUT2D eigenvalue weighted by molar-refractivity contribution is 4.74. The van der Waals surface area contributed by atoms with E-state index in [0.717, 1.165) is 6.42 Å². The smallest absolute Gasteiger partial charge is 0.0662 e. The van der Waals surface area contributed by atoms with Crippen LogP contribution in [0.1, 0.15) is 34.1 Å². The van der Waals surface area contributed by atoms with Crippen molar-refractivity contribution < 1.29 is 10.2 Å². The molecule has 0 saturated carbocycles. The van der Waals surface area contributed by atoms with E-state index < -0.39 is 0 Å². The molecule has 0 saturated heterocycles. The van der Waals surface area contributed by atoms with Crippen molar-refractivity contribution in [3.8, 4) is 0 Å². The first-order chi connectivity index (χ1) is 5.97. The number of nitrogens with one attached hydrogen (secondary N) is 1. The molecule has 80 valence electrons. The summed E-state index contributed by atoms with van der Waals surface area (Å²) in [5.74, 6) is 0.561. The van der Waals surface area contributed by atoms with Gasteiger partial charge in [0.25, 0.3) is 0 Å². The molecule has 0 fully saturated rings. The van der Waals surface area contributed by atoms with Gasteiger partial charge in [-0.05, 0) is 26.2 Å². The van der Waals surface area contributed by atoms with Gasteiger partial charge < -0.3 is 15.5 Å². The van der Waals surface area contributed by atoms with Gasteiger partial charge in [-0.15, -0.1) is 0 Å². The van der Waals surface area contributed by atoms with Crippen molar-refractivity contribution in [2.24, 2.45) is 5.92 Å². The minimum absolute atomic E-state index is 0.0379. The van der Waals surface area contributed by atoms with Crippen molar-refractivity contribution in [3.63, 3.8) is 0 Å². The lowest BCUT2D eigenvalue weighted by Gasteiger charge is -2.24. The minimum Gasteiger partial charge on any atom is -0.395 e. The van der Waals surface area contributed by atoms with E-state index in [4.69, 9.17) is 5.11 Å². The molecule has 0 radical (unpaired) electrons. The molecule has 3 atom stereocenters. The molecule has 3 unspecified atom stereocenters. The molecule has 0 aliphatic carbocycles. The zero-order valence-electron chi connectivity index (χ0n) is 9.12. The molecular formula is C10H23NO2. The van der Waals surface area contributed by atoms with E-state index in [1.807, 2.05) is 6.92 Å². The van der Waals surface area contributed by atoms with Gasteiger partial charge in [0, 0.05) is 12.1 Å². The fourth-order valence-electron chi connectivity index (χ4n) is 1.28. The van der Waals surface area contributed by atoms with Crippen LogP contribution >= 0.6 is 0 Å². The number of rotatable bonds is 6. The van der Waals surface area contributed by atoms with Crippen molar-refractivity contribution in [3.05, 3.63) is 0 Å². The average Bonchev–Trinajstić information content (AvgIpc) is 2.02. The summed E-state index contributed by atoms with van der Waals surface area (Å²) in [6.45, 7) is 8.05. The first-order valence-corrected chi connectivity index (χ1v) is 5.02. The molecule has 0 heterocycles. The summed E-state index contributed by atoms with van der Waals surface area (Å²) in [6, 6.07) is 0.139. The van der Waals surface area contributed by atoms with Gasteiger partial charge in [-0.1, -0.05) is 13.8 Å². The monoisotopic (exact) mass is 189 g/mol. The lowest BCUT2D eigenvalue weighted by Crippen LogP contribution is -2.44. The molecular weight excluding hydrogens is 166 g/mol. The molecule has 3 N–H and O–H groups in total. The van der Waals surface area contributed by atoms with Crippen molar-refractivity contribution in [2.45, 2.75) is 52.3 Å². The number of hydrogen-bond donors (Lipinski definition) is 3. The Kier molecular flexibility index (Phi) is 6.29. The molecule has 0 aliphatic heterocycles. The molecule has 3 nitrogen and oxygen atoms in total. The number of aliphatic hydroxyl groups excluding tert-OH is 2. The predicted octanol–water partition coefficient (Wildman–Crippen LogP) is 0.752. The first kappa shape index (κ1) is 12.9. The number of hydrogen-bond acceptors (Lipinski definition) is 3. The molecule has 0 spiro atoms. The Morgan fingerprint density at radius 1 is 1.15 bits per heavy atom. The second-order valence-corrected chi connectivity index (χ2v) is 4.20. The van der Waals surface area contributed by atoms with Gasteiger partial charge in [0.1, 0.15) is 0 Å². The molecule has 13 heavy (non-hydrogen) atoms. The second kappa shape index (κ2) is 6.35. The van der Waals surface area contributed by atoms with Crippen LogP contribution in [0.3, 0.4) is 0 Å². The van der Waals surface area contributed by atoms with E-state index in [9.17, 15) is 5.11 Å². The SMILES string of the molecule is CC(C)CC(CO)NC(C)C(C)O. The van der Waals surface area contributed by atoms with Crippen LogP contribution in [-0.4, -0.2) is 35.0 Å². The highest BCUT2D eigenvalue weighted by Gasteiger charge is 2.15. The molecule has 0 aliphatic rings. The van der Waals surface area contributed by atoms with E-state index in [1.165, 1.54) is 0 Å². The Labute approximate surface area is 81.2 Å². The van der Waals surface area contributed by atoms with Crippen molar-refractivity contribution in [1.29, 1.82) is 0 Å². The molecule has 0 aromatic carbocycles. The van der Waals surface area contributed by atoms with Crippen LogP contribution in [-0.2, 0) is 0 Å². The van der Waals surface area contributed by atoms with Gasteiger partial charge in [0.2, 0.25) is 0 Å². The minimum atomic E-state index is -0.374. The zero-order chi connectivity index (χ0) is 10.4. The topological polar surface area (TPSA) is 52.5 Å². The Balaban J connectivity index is 3.83. The van der Waals surface area contributed by atoms with Gasteiger partial charge in [0.05, 0.1) is 12.7 Å². The summed E-state index contributed by atoms with van der Waals surface area (Å²) in [6.07, 6.45) is 0.564. The van der Waals surface area contributed by atoms with Gasteiger partial charge in [-0.2, -0.15) is 0 Å². The first-order valence-electron chi connectivity index (χ1n) is 5.02. The zero-order valence-corrected chi connectivity index (χ0v) is 9.12. The fourth-order valence-corrected chi connectivity index (χ4v) is 1.28. The second-order valence-electron chi connectivity index (χ2n) is 4.20. The van der Waals surface area contributed by atoms with Crippen molar-refractivity contribution >= 4 is 0 Å². The van der Waals surface area contributed by atoms with Gasteiger partial charge in [-0.25, -0.2) is 0 Å². The van der Waals surface area contributed by atoms with Crippen LogP contribution in [0.15, 0.2) is 0 Å². The fraction of sp³-hybridized carbons (Fsp3) is 1.00. The predicted molar refractivity (Wildman–Crippen MR) is 54.6 cm³/mol. The quantitative estimate of drug-likeness (QED) is 0.578. The van der Waals surface area contributed by atoms with Gasteiger partial charge in [-0.3, -0.25) is 0 Å². The lowest BCUT2D eigenvalue weighted by molar-refractivity contribution is 0.129. The highest BCUT2D eigenvalue weighted by Crippen LogP contribution is 2.05. The third-order valence-electron chi connectivity index (χ3n) is 2.20. The third kappa shape index (κ3) is 6.02. The van der Waals surface area contributed by atoms with Crippen LogP contribution < -0.4 is 5.32 Å². The summed E-state index contributed by atoms with van der Waals surface area (Å²) in [5, 5.41) is 21.5. The maximum absolute atomic E-state index is 9.26. The summed E-state index contributed by atoms with van der Waals surface area (Å²) in [5.41, 5.74) is 0. The molecule has 0 rings (SSSR count). The van der Waals surface area contributed by atoms with E-state index in [0.29, 0.717) is 5.92 Å². The molecule has 0 aromatic heterocycles. The normalized spacial score (nSPS) is 18.7. The maximum atomic E-state index is 9.26. The Bertz CT molecular complexity index is 126. The van der Waals surface area contributed by atoms with Crippen molar-refractivity contribution in [1.82, 2.24) is 5.32 Å². The van der Waals surface area contributed by atoms with Crippen LogP contribution in [0.25, 0.3) is 0 Å². The lowest BCUT2D eigenvalue weighted by atomic mass is 10.0. The van der Waals surface area contributed by atoms with Crippen LogP contribution in [0.4, 0.5) is 0 Å². The average molecular weight is 189 g/mol. The Morgan fingerprint density at radius 2 is 1.69 bits per heavy atom. The van der Waals surface area contributed by atoms with Crippen LogP contribution in [0, 0.1) is 5.92 Å². The van der Waals surface area contributed by atoms with E-state index >= 15 is 0 Å². The largest absolute Gasteiger partial charge is 0.395 e. The maximum Gasteiger partial charge on any atom is 0.0662 e. The van der Waals surface area contributed by atoms with E-state index in [2.05, 4.69) is 19.2 Å². The standard InChI is InChI=1S/C10H23NO2/c1-7(2)5-10(6-12)11-8(3)9(4)13/h7-13H,5-6H2,1-4H3. The molecule has 0 aromatic rings. The highest BCUT2D eigenvalue weighted by atomic mass is 16.3. The molecule has 0 bridgehead atoms. The van der Waals surface area contributed by atoms with Crippen molar-refractivity contribution in [2.75, 3.05) is 6.61 Å². The Morgan fingerprint density at radius 3 is 2.00 bits per heavy atom. The van der Waals surface area contributed by atoms with Crippen LogP contribution in [0.2, 0.25) is 0 Å². The van der Waals surface area contributed by atoms with Crippen LogP contribution in [0.5, 0.6) is 0 Å². The van der Waals surface area contributed by atoms with Gasteiger partial charge in [0.15, 0.2) is 0 Å². The molecule has 0 amide bonds. The third-order valence-corrected chi connectivity index (χ3v) is 2.20. The van der Waals surface area contributed by atoms with E-state index in [-0.39, 0.29) is 24.8 Å². The van der Waals surface area contributed by atoms with Gasteiger partial charge >= 0.3 is 0 Å².